The van der Waals surface area contributed by atoms with Gasteiger partial charge in [-0.05, 0) is 64.4 Å². The van der Waals surface area contributed by atoms with Crippen LogP contribution in [0.2, 0.25) is 10.0 Å². The second-order valence-electron chi connectivity index (χ2n) is 9.36. The fraction of sp³-hybridized carbons (Fsp3) is 0.440. The largest absolute Gasteiger partial charge is 0.492 e. The zero-order valence-corrected chi connectivity index (χ0v) is 23.7. The van der Waals surface area contributed by atoms with E-state index in [1.165, 1.54) is 4.90 Å². The Labute approximate surface area is 223 Å². The normalized spacial score (nSPS) is 12.6. The Morgan fingerprint density at radius 1 is 1.08 bits per heavy atom. The lowest BCUT2D eigenvalue weighted by molar-refractivity contribution is -0.140. The zero-order chi connectivity index (χ0) is 27.3. The van der Waals surface area contributed by atoms with Gasteiger partial charge in [-0.3, -0.25) is 13.9 Å². The Balaban J connectivity index is 2.47. The molecule has 0 aliphatic heterocycles. The number of hydrogen-bond donors (Lipinski definition) is 1. The minimum absolute atomic E-state index is 0.0131. The van der Waals surface area contributed by atoms with E-state index in [0.717, 1.165) is 10.6 Å². The highest BCUT2D eigenvalue weighted by molar-refractivity contribution is 7.92. The quantitative estimate of drug-likeness (QED) is 0.464. The molecule has 0 saturated carbocycles. The van der Waals surface area contributed by atoms with Gasteiger partial charge in [0.1, 0.15) is 18.3 Å². The average Bonchev–Trinajstić information content (AvgIpc) is 2.76. The van der Waals surface area contributed by atoms with Crippen LogP contribution in [0, 0.1) is 0 Å². The molecule has 2 rings (SSSR count). The molecule has 0 aliphatic carbocycles. The highest BCUT2D eigenvalue weighted by atomic mass is 35.5. The van der Waals surface area contributed by atoms with Crippen LogP contribution in [0.25, 0.3) is 0 Å². The number of nitrogens with one attached hydrogen (secondary N) is 1. The molecule has 1 atom stereocenters. The van der Waals surface area contributed by atoms with Crippen LogP contribution in [0.5, 0.6) is 5.75 Å². The third-order valence-corrected chi connectivity index (χ3v) is 6.98. The van der Waals surface area contributed by atoms with Gasteiger partial charge in [0.25, 0.3) is 0 Å². The summed E-state index contributed by atoms with van der Waals surface area (Å²) in [6.07, 6.45) is 1.02. The predicted octanol–water partition coefficient (Wildman–Crippen LogP) is 4.49. The van der Waals surface area contributed by atoms with Crippen LogP contribution in [-0.4, -0.2) is 56.1 Å². The maximum absolute atomic E-state index is 13.7. The molecule has 0 bridgehead atoms. The number of rotatable bonds is 10. The van der Waals surface area contributed by atoms with Gasteiger partial charge in [-0.15, -0.1) is 0 Å². The van der Waals surface area contributed by atoms with E-state index in [1.807, 2.05) is 20.8 Å². The van der Waals surface area contributed by atoms with E-state index in [1.54, 1.807) is 56.3 Å². The minimum Gasteiger partial charge on any atom is -0.492 e. The molecule has 0 saturated heterocycles. The lowest BCUT2D eigenvalue weighted by Gasteiger charge is -2.33. The fourth-order valence-corrected chi connectivity index (χ4v) is 4.60. The van der Waals surface area contributed by atoms with Gasteiger partial charge in [-0.25, -0.2) is 8.42 Å². The Morgan fingerprint density at radius 2 is 1.72 bits per heavy atom. The van der Waals surface area contributed by atoms with Gasteiger partial charge >= 0.3 is 0 Å². The number of carbonyl (C=O) groups excluding carboxylic acids is 2. The summed E-state index contributed by atoms with van der Waals surface area (Å²) in [4.78, 5) is 28.0. The minimum atomic E-state index is -3.88. The van der Waals surface area contributed by atoms with E-state index in [9.17, 15) is 18.0 Å². The lowest BCUT2D eigenvalue weighted by atomic mass is 10.1. The molecule has 0 spiro atoms. The Bertz CT molecular complexity index is 1200. The molecular weight excluding hydrogens is 525 g/mol. The number of anilines is 1. The van der Waals surface area contributed by atoms with Crippen molar-refractivity contribution < 1.29 is 22.7 Å². The van der Waals surface area contributed by atoms with E-state index in [2.05, 4.69) is 5.32 Å². The van der Waals surface area contributed by atoms with Crippen molar-refractivity contribution in [2.45, 2.75) is 52.7 Å². The van der Waals surface area contributed by atoms with Gasteiger partial charge < -0.3 is 15.0 Å². The van der Waals surface area contributed by atoms with Gasteiger partial charge in [0, 0.05) is 12.1 Å². The second-order valence-corrected chi connectivity index (χ2v) is 12.1. The van der Waals surface area contributed by atoms with E-state index in [-0.39, 0.29) is 18.1 Å². The number of carbonyl (C=O) groups is 2. The molecule has 36 heavy (non-hydrogen) atoms. The van der Waals surface area contributed by atoms with Crippen LogP contribution in [0.1, 0.15) is 40.2 Å². The number of ether oxygens (including phenoxy) is 1. The standard InChI is InChI=1S/C25H33Cl2N3O5S/c1-7-35-22-11-9-8-10-21(22)30(36(6,33)34)16-23(31)29(17(2)24(32)28-25(3,4)5)15-18-12-13-19(26)20(27)14-18/h8-14,17H,7,15-16H2,1-6H3,(H,28,32). The number of hydrogen-bond acceptors (Lipinski definition) is 5. The first-order valence-corrected chi connectivity index (χ1v) is 14.0. The van der Waals surface area contributed by atoms with E-state index in [0.29, 0.717) is 28.0 Å². The van der Waals surface area contributed by atoms with Crippen LogP contribution >= 0.6 is 23.2 Å². The summed E-state index contributed by atoms with van der Waals surface area (Å²) in [7, 11) is -3.88. The molecular formula is C25H33Cl2N3O5S. The van der Waals surface area contributed by atoms with Crippen LogP contribution in [-0.2, 0) is 26.2 Å². The summed E-state index contributed by atoms with van der Waals surface area (Å²) in [5, 5.41) is 3.53. The Morgan fingerprint density at radius 3 is 2.28 bits per heavy atom. The van der Waals surface area contributed by atoms with Crippen molar-refractivity contribution in [3.63, 3.8) is 0 Å². The third kappa shape index (κ3) is 8.28. The summed E-state index contributed by atoms with van der Waals surface area (Å²) in [5.74, 6) is -0.626. The summed E-state index contributed by atoms with van der Waals surface area (Å²) >= 11 is 12.2. The molecule has 2 amide bonds. The number of benzene rings is 2. The first kappa shape index (κ1) is 29.7. The molecule has 0 fully saturated rings. The molecule has 11 heteroatoms. The maximum atomic E-state index is 13.7. The first-order valence-electron chi connectivity index (χ1n) is 11.4. The van der Waals surface area contributed by atoms with Crippen LogP contribution in [0.3, 0.4) is 0 Å². The molecule has 0 aromatic heterocycles. The Kier molecular flexibility index (Phi) is 10.0. The molecule has 2 aromatic carbocycles. The van der Waals surface area contributed by atoms with Crippen molar-refractivity contribution in [3.8, 4) is 5.75 Å². The van der Waals surface area contributed by atoms with Crippen LogP contribution < -0.4 is 14.4 Å². The summed E-state index contributed by atoms with van der Waals surface area (Å²) in [6.45, 7) is 8.67. The first-order chi connectivity index (χ1) is 16.6. The number of para-hydroxylation sites is 2. The number of amides is 2. The summed E-state index contributed by atoms with van der Waals surface area (Å²) in [5.41, 5.74) is 0.337. The van der Waals surface area contributed by atoms with Crippen molar-refractivity contribution in [2.24, 2.45) is 0 Å². The SMILES string of the molecule is CCOc1ccccc1N(CC(=O)N(Cc1ccc(Cl)c(Cl)c1)C(C)C(=O)NC(C)(C)C)S(C)(=O)=O. The Hall–Kier alpha value is -2.49. The molecule has 0 aliphatic rings. The van der Waals surface area contributed by atoms with Crippen LogP contribution in [0.15, 0.2) is 42.5 Å². The van der Waals surface area contributed by atoms with Crippen molar-refractivity contribution in [3.05, 3.63) is 58.1 Å². The monoisotopic (exact) mass is 557 g/mol. The zero-order valence-electron chi connectivity index (χ0n) is 21.3. The molecule has 8 nitrogen and oxygen atoms in total. The van der Waals surface area contributed by atoms with Gasteiger partial charge in [-0.1, -0.05) is 41.4 Å². The summed E-state index contributed by atoms with van der Waals surface area (Å²) < 4.78 is 32.1. The highest BCUT2D eigenvalue weighted by Crippen LogP contribution is 2.30. The lowest BCUT2D eigenvalue weighted by Crippen LogP contribution is -2.54. The molecule has 0 radical (unpaired) electrons. The van der Waals surface area contributed by atoms with Crippen molar-refractivity contribution in [1.29, 1.82) is 0 Å². The highest BCUT2D eigenvalue weighted by Gasteiger charge is 2.32. The van der Waals surface area contributed by atoms with Gasteiger partial charge in [0.15, 0.2) is 0 Å². The summed E-state index contributed by atoms with van der Waals surface area (Å²) in [6, 6.07) is 10.6. The molecule has 2 aromatic rings. The van der Waals surface area contributed by atoms with E-state index < -0.39 is 34.1 Å². The maximum Gasteiger partial charge on any atom is 0.244 e. The van der Waals surface area contributed by atoms with Gasteiger partial charge in [0.2, 0.25) is 21.8 Å². The van der Waals surface area contributed by atoms with Crippen molar-refractivity contribution in [2.75, 3.05) is 23.7 Å². The number of halogens is 2. The smallest absolute Gasteiger partial charge is 0.244 e. The number of nitrogens with zero attached hydrogens (tertiary/aromatic N) is 2. The molecule has 0 heterocycles. The molecule has 1 N–H and O–H groups in total. The molecule has 198 valence electrons. The van der Waals surface area contributed by atoms with Crippen molar-refractivity contribution >= 4 is 50.7 Å². The average molecular weight is 559 g/mol. The number of sulfonamides is 1. The van der Waals surface area contributed by atoms with Gasteiger partial charge in [0.05, 0.1) is 28.6 Å². The predicted molar refractivity (Wildman–Crippen MR) is 144 cm³/mol. The molecule has 1 unspecified atom stereocenters. The second kappa shape index (κ2) is 12.2. The van der Waals surface area contributed by atoms with Gasteiger partial charge in [-0.2, -0.15) is 0 Å². The third-order valence-electron chi connectivity index (χ3n) is 5.12. The van der Waals surface area contributed by atoms with Crippen LogP contribution in [0.4, 0.5) is 5.69 Å². The van der Waals surface area contributed by atoms with E-state index >= 15 is 0 Å². The van der Waals surface area contributed by atoms with E-state index in [4.69, 9.17) is 27.9 Å². The topological polar surface area (TPSA) is 96.0 Å². The van der Waals surface area contributed by atoms with Crippen molar-refractivity contribution in [1.82, 2.24) is 10.2 Å². The fourth-order valence-electron chi connectivity index (χ4n) is 3.43.